The number of benzene rings is 1. The minimum Gasteiger partial charge on any atom is -0.452 e. The largest absolute Gasteiger partial charge is 0.452 e. The van der Waals surface area contributed by atoms with Crippen LogP contribution in [0.4, 0.5) is 14.5 Å². The van der Waals surface area contributed by atoms with Gasteiger partial charge in [0.15, 0.2) is 6.61 Å². The van der Waals surface area contributed by atoms with Crippen LogP contribution in [0, 0.1) is 25.5 Å². The summed E-state index contributed by atoms with van der Waals surface area (Å²) in [4.78, 5) is 23.3. The zero-order chi connectivity index (χ0) is 18.6. The first kappa shape index (κ1) is 18.3. The van der Waals surface area contributed by atoms with E-state index in [-0.39, 0.29) is 0 Å². The van der Waals surface area contributed by atoms with Gasteiger partial charge in [-0.25, -0.2) is 13.6 Å². The van der Waals surface area contributed by atoms with Crippen LogP contribution < -0.4 is 5.32 Å². The molecule has 1 aromatic heterocycles. The maximum atomic E-state index is 13.4. The molecule has 0 saturated carbocycles. The highest BCUT2D eigenvalue weighted by atomic mass is 19.1. The predicted molar refractivity (Wildman–Crippen MR) is 87.7 cm³/mol. The summed E-state index contributed by atoms with van der Waals surface area (Å²) in [6, 6.07) is 3.19. The minimum atomic E-state index is -0.915. The maximum absolute atomic E-state index is 13.4. The van der Waals surface area contributed by atoms with Crippen molar-refractivity contribution in [2.45, 2.75) is 13.8 Å². The zero-order valence-electron chi connectivity index (χ0n) is 14.0. The van der Waals surface area contributed by atoms with Gasteiger partial charge < -0.3 is 10.1 Å². The number of carbonyl (C=O) groups is 2. The van der Waals surface area contributed by atoms with Gasteiger partial charge in [0, 0.05) is 24.4 Å². The first-order valence-electron chi connectivity index (χ1n) is 7.38. The van der Waals surface area contributed by atoms with E-state index in [0.717, 1.165) is 35.2 Å². The molecule has 2 aromatic rings. The Labute approximate surface area is 143 Å². The normalized spacial score (nSPS) is 10.9. The third kappa shape index (κ3) is 4.50. The molecule has 2 rings (SSSR count). The number of amides is 1. The van der Waals surface area contributed by atoms with Crippen molar-refractivity contribution in [1.82, 2.24) is 9.78 Å². The predicted octanol–water partition coefficient (Wildman–Crippen LogP) is 2.51. The average Bonchev–Trinajstić information content (AvgIpc) is 2.80. The van der Waals surface area contributed by atoms with Gasteiger partial charge in [-0.2, -0.15) is 5.10 Å². The number of para-hydroxylation sites is 1. The quantitative estimate of drug-likeness (QED) is 0.665. The fourth-order valence-electron chi connectivity index (χ4n) is 2.16. The van der Waals surface area contributed by atoms with Gasteiger partial charge in [0.1, 0.15) is 17.3 Å². The third-order valence-electron chi connectivity index (χ3n) is 3.52. The molecule has 0 saturated heterocycles. The average molecular weight is 349 g/mol. The topological polar surface area (TPSA) is 73.2 Å². The lowest BCUT2D eigenvalue weighted by Gasteiger charge is -2.07. The molecule has 0 aliphatic heterocycles. The molecule has 0 atom stereocenters. The van der Waals surface area contributed by atoms with Crippen molar-refractivity contribution < 1.29 is 23.1 Å². The highest BCUT2D eigenvalue weighted by Crippen LogP contribution is 2.17. The summed E-state index contributed by atoms with van der Waals surface area (Å²) < 4.78 is 33.3. The second-order valence-electron chi connectivity index (χ2n) is 5.29. The highest BCUT2D eigenvalue weighted by Gasteiger charge is 2.13. The van der Waals surface area contributed by atoms with E-state index in [2.05, 4.69) is 5.10 Å². The Hall–Kier alpha value is -3.03. The maximum Gasteiger partial charge on any atom is 0.331 e. The molecule has 1 N–H and O–H groups in total. The van der Waals surface area contributed by atoms with Crippen LogP contribution in [0.15, 0.2) is 24.3 Å². The lowest BCUT2D eigenvalue weighted by molar-refractivity contribution is -0.142. The van der Waals surface area contributed by atoms with E-state index in [1.165, 1.54) is 12.1 Å². The number of esters is 1. The smallest absolute Gasteiger partial charge is 0.331 e. The lowest BCUT2D eigenvalue weighted by Crippen LogP contribution is -2.21. The second kappa shape index (κ2) is 7.69. The van der Waals surface area contributed by atoms with Gasteiger partial charge in [0.2, 0.25) is 0 Å². The molecule has 1 aromatic carbocycles. The van der Waals surface area contributed by atoms with Crippen LogP contribution in [0.25, 0.3) is 6.08 Å². The standard InChI is InChI=1S/C17H17F2N3O3/c1-10-12(11(2)22(3)21-10)7-8-16(24)25-9-15(23)20-17-13(18)5-4-6-14(17)19/h4-8H,9H2,1-3H3,(H,20,23)/b8-7+. The minimum absolute atomic E-state index is 0.583. The molecule has 0 aliphatic rings. The van der Waals surface area contributed by atoms with E-state index in [1.807, 2.05) is 12.2 Å². The van der Waals surface area contributed by atoms with Gasteiger partial charge in [-0.15, -0.1) is 0 Å². The Morgan fingerprint density at radius 2 is 1.92 bits per heavy atom. The van der Waals surface area contributed by atoms with Crippen LogP contribution in [-0.4, -0.2) is 28.3 Å². The van der Waals surface area contributed by atoms with Crippen molar-refractivity contribution in [3.8, 4) is 0 Å². The van der Waals surface area contributed by atoms with Crippen molar-refractivity contribution in [2.75, 3.05) is 11.9 Å². The molecule has 25 heavy (non-hydrogen) atoms. The molecule has 0 bridgehead atoms. The monoisotopic (exact) mass is 349 g/mol. The molecule has 0 radical (unpaired) electrons. The van der Waals surface area contributed by atoms with Crippen LogP contribution in [0.2, 0.25) is 0 Å². The Morgan fingerprint density at radius 3 is 2.48 bits per heavy atom. The van der Waals surface area contributed by atoms with Gasteiger partial charge in [0.25, 0.3) is 5.91 Å². The molecule has 0 fully saturated rings. The van der Waals surface area contributed by atoms with Gasteiger partial charge in [-0.1, -0.05) is 6.07 Å². The summed E-state index contributed by atoms with van der Waals surface area (Å²) in [5, 5.41) is 6.23. The number of hydrogen-bond acceptors (Lipinski definition) is 4. The highest BCUT2D eigenvalue weighted by molar-refractivity contribution is 5.94. The Kier molecular flexibility index (Phi) is 5.63. The number of aryl methyl sites for hydroxylation is 2. The van der Waals surface area contributed by atoms with Crippen LogP contribution in [-0.2, 0) is 21.4 Å². The summed E-state index contributed by atoms with van der Waals surface area (Å²) in [7, 11) is 1.78. The summed E-state index contributed by atoms with van der Waals surface area (Å²) in [5.41, 5.74) is 1.81. The van der Waals surface area contributed by atoms with Gasteiger partial charge >= 0.3 is 5.97 Å². The third-order valence-corrected chi connectivity index (χ3v) is 3.52. The van der Waals surface area contributed by atoms with E-state index < -0.39 is 35.8 Å². The van der Waals surface area contributed by atoms with Crippen LogP contribution in [0.1, 0.15) is 17.0 Å². The van der Waals surface area contributed by atoms with E-state index in [0.29, 0.717) is 0 Å². The molecule has 6 nitrogen and oxygen atoms in total. The number of nitrogens with zero attached hydrogens (tertiary/aromatic N) is 2. The number of carbonyl (C=O) groups excluding carboxylic acids is 2. The SMILES string of the molecule is Cc1nn(C)c(C)c1/C=C/C(=O)OCC(=O)Nc1c(F)cccc1F. The number of anilines is 1. The van der Waals surface area contributed by atoms with Crippen LogP contribution in [0.5, 0.6) is 0 Å². The van der Waals surface area contributed by atoms with Gasteiger partial charge in [-0.05, 0) is 32.1 Å². The second-order valence-corrected chi connectivity index (χ2v) is 5.29. The van der Waals surface area contributed by atoms with E-state index in [4.69, 9.17) is 4.74 Å². The first-order chi connectivity index (χ1) is 11.8. The van der Waals surface area contributed by atoms with Crippen molar-refractivity contribution in [3.05, 3.63) is 52.9 Å². The number of halogens is 2. The summed E-state index contributed by atoms with van der Waals surface area (Å²) in [6.07, 6.45) is 2.70. The van der Waals surface area contributed by atoms with E-state index in [9.17, 15) is 18.4 Å². The van der Waals surface area contributed by atoms with E-state index in [1.54, 1.807) is 18.7 Å². The Bertz CT molecular complexity index is 824. The molecule has 0 aliphatic carbocycles. The number of rotatable bonds is 5. The molecule has 132 valence electrons. The van der Waals surface area contributed by atoms with Gasteiger partial charge in [-0.3, -0.25) is 9.48 Å². The van der Waals surface area contributed by atoms with Gasteiger partial charge in [0.05, 0.1) is 5.69 Å². The fraction of sp³-hybridized carbons (Fsp3) is 0.235. The first-order valence-corrected chi connectivity index (χ1v) is 7.38. The summed E-state index contributed by atoms with van der Waals surface area (Å²) >= 11 is 0. The summed E-state index contributed by atoms with van der Waals surface area (Å²) in [5.74, 6) is -3.43. The van der Waals surface area contributed by atoms with Crippen molar-refractivity contribution in [1.29, 1.82) is 0 Å². The number of aromatic nitrogens is 2. The van der Waals surface area contributed by atoms with Crippen molar-refractivity contribution in [3.63, 3.8) is 0 Å². The fourth-order valence-corrected chi connectivity index (χ4v) is 2.16. The van der Waals surface area contributed by atoms with Crippen molar-refractivity contribution >= 4 is 23.6 Å². The molecule has 0 spiro atoms. The molecule has 1 heterocycles. The van der Waals surface area contributed by atoms with Crippen LogP contribution in [0.3, 0.4) is 0 Å². The summed E-state index contributed by atoms with van der Waals surface area (Å²) in [6.45, 7) is 2.98. The molecular formula is C17H17F2N3O3. The van der Waals surface area contributed by atoms with E-state index >= 15 is 0 Å². The Morgan fingerprint density at radius 1 is 1.28 bits per heavy atom. The molecule has 8 heteroatoms. The lowest BCUT2D eigenvalue weighted by atomic mass is 10.2. The van der Waals surface area contributed by atoms with Crippen molar-refractivity contribution in [2.24, 2.45) is 7.05 Å². The zero-order valence-corrected chi connectivity index (χ0v) is 14.0. The molecule has 0 unspecified atom stereocenters. The number of hydrogen-bond donors (Lipinski definition) is 1. The van der Waals surface area contributed by atoms with Crippen LogP contribution >= 0.6 is 0 Å². The molecule has 1 amide bonds. The Balaban J connectivity index is 1.91. The number of ether oxygens (including phenoxy) is 1. The number of nitrogens with one attached hydrogen (secondary N) is 1. The molecular weight excluding hydrogens is 332 g/mol.